The minimum Gasteiger partial charge on any atom is -0.388 e. The van der Waals surface area contributed by atoms with Gasteiger partial charge in [0.15, 0.2) is 19.1 Å². The zero-order valence-electron chi connectivity index (χ0n) is 56.9. The summed E-state index contributed by atoms with van der Waals surface area (Å²) in [6, 6.07) is -1.81. The van der Waals surface area contributed by atoms with E-state index in [0.29, 0.717) is 40.9 Å². The Morgan fingerprint density at radius 2 is 0.957 bits per heavy atom. The van der Waals surface area contributed by atoms with Crippen molar-refractivity contribution in [2.45, 2.75) is 251 Å². The van der Waals surface area contributed by atoms with Gasteiger partial charge in [-0.25, -0.2) is 9.59 Å². The van der Waals surface area contributed by atoms with Crippen molar-refractivity contribution in [1.82, 2.24) is 18.5 Å². The number of nitrogens with one attached hydrogen (secondary N) is 1. The van der Waals surface area contributed by atoms with E-state index in [4.69, 9.17) is 88.5 Å². The topological polar surface area (TPSA) is 348 Å². The summed E-state index contributed by atoms with van der Waals surface area (Å²) >= 11 is 1.02. The number of aliphatic hydroxyl groups excluding tert-OH is 7. The normalized spacial score (nSPS) is 30.1. The maximum Gasteiger partial charge on any atom is 0.471 e. The quantitative estimate of drug-likeness (QED) is 0.0372. The minimum atomic E-state index is -2.20. The van der Waals surface area contributed by atoms with Crippen LogP contribution in [0, 0.1) is 63.2 Å². The third-order valence-corrected chi connectivity index (χ3v) is 21.3. The standard InChI is InChI=1S/C12H18N2O6P.C11H16N2O5.3C9H13BO3.2C4H9.C3H3Br.Al.BH.O.Sn.2H/c1-4-7-8(15)9(16)11(20-7)13-5-6(2)10(17)14(12(13)18)21(3)19;1-3-6-7(14)8(15)10(18-6)13-4-5(2)9(16)12-11(13)17;1-3-5-12-8-6(4-2)13-9(10)7(8)11;2*1-3-5-12-8-7(11)6(4-2)13-9(8)10;2*1-3-4-2;1-2-3-4;;;;;;/h5,7-9,11,15-16H,4H2,1-3H3;4,6-8,10,14-15H,3H2,1-2H3,(H,12,16,17);3*1,6-9,11H,4-5H2,2H3;2*1,3-4H2,2H3;1H,3H2;;1H;;;;/q+1;;;;;;;;;;;;;/t7-,8?,9+,11-;6-,7?,8+,10-;6-,7+,8?,9-;2*6-,7?,8+,9-;;;;;;;;;/m11111........./s1/i;;;;;;;;;1T;;;;. The van der Waals surface area contributed by atoms with Crippen LogP contribution in [0.4, 0.5) is 0 Å². The molecule has 5 aliphatic heterocycles. The monoisotopic (exact) mass is 1520 g/mol. The van der Waals surface area contributed by atoms with Gasteiger partial charge in [0, 0.05) is 49.9 Å². The number of hydrogen-bond donors (Lipinski definition) is 8. The van der Waals surface area contributed by atoms with Crippen molar-refractivity contribution in [3.8, 4) is 49.4 Å². The molecule has 7 heterocycles. The summed E-state index contributed by atoms with van der Waals surface area (Å²) in [5.74, 6) is 9.34. The van der Waals surface area contributed by atoms with Crippen LogP contribution in [-0.2, 0) is 45.5 Å². The van der Waals surface area contributed by atoms with Gasteiger partial charge in [-0.1, -0.05) is 74.2 Å². The molecule has 0 spiro atoms. The summed E-state index contributed by atoms with van der Waals surface area (Å²) in [7, 11) is 18.3. The summed E-state index contributed by atoms with van der Waals surface area (Å²) in [5.41, 5.74) is -2.08. The van der Waals surface area contributed by atoms with E-state index in [1.54, 1.807) is 13.8 Å². The molecule has 21 atom stereocenters. The number of unbranched alkanes of at least 4 members (excludes halogenated alkanes) is 2. The third-order valence-electron chi connectivity index (χ3n) is 14.8. The summed E-state index contributed by atoms with van der Waals surface area (Å²) in [6.07, 6.45) is 18.3. The largest absolute Gasteiger partial charge is 0.471 e. The molecule has 0 saturated carbocycles. The van der Waals surface area contributed by atoms with Crippen LogP contribution in [0.5, 0.6) is 0 Å². The molecule has 2 aromatic heterocycles. The fourth-order valence-electron chi connectivity index (χ4n) is 9.68. The number of ether oxygens (including phenoxy) is 8. The van der Waals surface area contributed by atoms with Crippen LogP contribution >= 0.6 is 23.9 Å². The fraction of sp³-hybridized carbons (Fsp3) is 0.738. The Bertz CT molecular complexity index is 2920. The molecule has 5 aliphatic rings. The first-order valence-corrected chi connectivity index (χ1v) is 38.6. The van der Waals surface area contributed by atoms with Gasteiger partial charge in [-0.05, 0) is 56.2 Å². The number of hydrogen-bond acceptors (Lipinski definition) is 21. The summed E-state index contributed by atoms with van der Waals surface area (Å²) in [4.78, 5) is 49.2. The smallest absolute Gasteiger partial charge is 0.388 e. The molecule has 7 rings (SSSR count). The number of rotatable bonds is 20. The maximum atomic E-state index is 12.3. The zero-order chi connectivity index (χ0) is 72.1. The van der Waals surface area contributed by atoms with Crippen LogP contribution in [0.15, 0.2) is 31.6 Å². The van der Waals surface area contributed by atoms with Crippen LogP contribution in [0.3, 0.4) is 0 Å². The van der Waals surface area contributed by atoms with Crippen molar-refractivity contribution in [2.24, 2.45) is 0 Å². The molecule has 25 nitrogen and oxygen atoms in total. The number of aryl methyl sites for hydroxylation is 2. The minimum absolute atomic E-state index is 0. The first-order chi connectivity index (χ1) is 44.6. The van der Waals surface area contributed by atoms with E-state index in [-0.39, 0.29) is 61.1 Å². The fourth-order valence-corrected chi connectivity index (χ4v) is 15.4. The molecular weight excluding hydrogens is 1420 g/mol. The van der Waals surface area contributed by atoms with E-state index in [1.807, 2.05) is 27.7 Å². The number of aromatic amines is 1. The van der Waals surface area contributed by atoms with Crippen LogP contribution in [0.1, 0.15) is 130 Å². The predicted octanol–water partition coefficient (Wildman–Crippen LogP) is -0.0922. The van der Waals surface area contributed by atoms with Gasteiger partial charge in [0.2, 0.25) is 0 Å². The Morgan fingerprint density at radius 3 is 1.30 bits per heavy atom. The van der Waals surface area contributed by atoms with Gasteiger partial charge in [0.1, 0.15) is 122 Å². The number of aromatic nitrogens is 4. The maximum absolute atomic E-state index is 12.3. The van der Waals surface area contributed by atoms with Gasteiger partial charge in [-0.3, -0.25) is 23.7 Å². The third kappa shape index (κ3) is 28.3. The number of alkyl halides is 1. The average molecular weight is 1520 g/mol. The number of nitrogens with zero attached hydrogens (tertiary/aromatic N) is 3. The molecule has 2 aromatic rings. The summed E-state index contributed by atoms with van der Waals surface area (Å²) < 4.78 is 75.3. The molecule has 5 saturated heterocycles. The van der Waals surface area contributed by atoms with Crippen LogP contribution in [-0.4, -0.2) is 266 Å². The van der Waals surface area contributed by atoms with Crippen molar-refractivity contribution in [3.63, 3.8) is 0 Å². The first-order valence-electron chi connectivity index (χ1n) is 31.2. The van der Waals surface area contributed by atoms with Crippen molar-refractivity contribution < 1.29 is 81.3 Å². The van der Waals surface area contributed by atoms with Gasteiger partial charge in [0.05, 0.1) is 35.8 Å². The van der Waals surface area contributed by atoms with Crippen LogP contribution in [0.25, 0.3) is 0 Å². The van der Waals surface area contributed by atoms with Crippen LogP contribution < -0.4 is 22.5 Å². The molecule has 517 valence electrons. The summed E-state index contributed by atoms with van der Waals surface area (Å²) in [5, 5.41) is 69.0. The Balaban J connectivity index is 0. The molecule has 0 amide bonds. The Morgan fingerprint density at radius 1 is 0.596 bits per heavy atom. The number of halogens is 1. The van der Waals surface area contributed by atoms with Crippen molar-refractivity contribution in [3.05, 3.63) is 65.2 Å². The van der Waals surface area contributed by atoms with Gasteiger partial charge >= 0.3 is 96.1 Å². The van der Waals surface area contributed by atoms with Crippen molar-refractivity contribution in [1.29, 1.82) is 1.34 Å². The molecule has 0 aromatic carbocycles. The van der Waals surface area contributed by atoms with Crippen molar-refractivity contribution in [2.75, 3.05) is 31.8 Å². The molecule has 0 aliphatic carbocycles. The Hall–Kier alpha value is -3.03. The van der Waals surface area contributed by atoms with Gasteiger partial charge in [-0.2, -0.15) is 0 Å². The second kappa shape index (κ2) is 49.5. The van der Waals surface area contributed by atoms with E-state index in [0.717, 1.165) is 24.4 Å². The van der Waals surface area contributed by atoms with Gasteiger partial charge < -0.3 is 73.6 Å². The molecular formula is C61H97AlB4BrN4O21PSn+. The molecule has 6 unspecified atom stereocenters. The summed E-state index contributed by atoms with van der Waals surface area (Å²) in [6.45, 7) is 18.4. The molecule has 5 fully saturated rings. The van der Waals surface area contributed by atoms with Crippen LogP contribution in [0.2, 0.25) is 8.87 Å². The predicted molar refractivity (Wildman–Crippen MR) is 369 cm³/mol. The van der Waals surface area contributed by atoms with Gasteiger partial charge in [0.25, 0.3) is 5.56 Å². The number of aliphatic hydroxyl groups is 7. The van der Waals surface area contributed by atoms with E-state index in [2.05, 4.69) is 66.8 Å². The van der Waals surface area contributed by atoms with E-state index in [9.17, 15) is 62.6 Å². The molecule has 9 radical (unpaired) electrons. The Kier molecular flexibility index (Phi) is 47.9. The van der Waals surface area contributed by atoms with Gasteiger partial charge in [-0.15, -0.1) is 25.7 Å². The SMILES string of the molecule is C#CCBr.CCC[CH2][Sn](=[O])[CH2]CCC.CC[C@H]1O[C@@H](n2cc(C)c(=O)[nH]c2=O)[C@@H](O)C1O.CC[C@H]1O[C@@H](n2cc(C)c(=O)n([P+](C)=O)c2=O)[C@@H](O)C1O.[3H][B].[AlH2].[B][C@@H]1O[C@H](CC)C(O)[C@@H]1OCC#C.[B][C@@H]1O[C@H](CC)C(O)[C@@H]1OCC#C.[B][C@@H]1O[C@H](CC)C(OCC#C)[C@@H]1O. The molecule has 0 bridgehead atoms. The first kappa shape index (κ1) is 91.0. The molecule has 8 N–H and O–H groups in total. The van der Waals surface area contributed by atoms with E-state index in [1.165, 1.54) is 51.7 Å². The number of H-pyrrole nitrogens is 1. The van der Waals surface area contributed by atoms with Crippen molar-refractivity contribution >= 4 is 92.9 Å². The second-order valence-electron chi connectivity index (χ2n) is 21.6. The average Bonchev–Trinajstić information content (AvgIpc) is 1.77. The molecule has 94 heavy (non-hydrogen) atoms. The number of terminal acetylenes is 4. The van der Waals surface area contributed by atoms with E-state index >= 15 is 0 Å². The zero-order valence-corrected chi connectivity index (χ0v) is 63.3. The Labute approximate surface area is 587 Å². The van der Waals surface area contributed by atoms with E-state index < -0.39 is 154 Å². The molecule has 33 heteroatoms. The second-order valence-corrected chi connectivity index (χ2v) is 29.4.